The third kappa shape index (κ3) is 3.47. The maximum absolute atomic E-state index is 5.70. The molecule has 0 aliphatic carbocycles. The van der Waals surface area contributed by atoms with Crippen molar-refractivity contribution >= 4 is 0 Å². The number of nitrogens with two attached hydrogens (primary N) is 1. The van der Waals surface area contributed by atoms with E-state index in [-0.39, 0.29) is 0 Å². The van der Waals surface area contributed by atoms with Gasteiger partial charge in [-0.1, -0.05) is 12.1 Å². The molecule has 0 saturated carbocycles. The Bertz CT molecular complexity index is 420. The zero-order valence-corrected chi connectivity index (χ0v) is 12.2. The molecule has 1 heterocycles. The molecular formula is C15H25N3O. The zero-order valence-electron chi connectivity index (χ0n) is 12.2. The second-order valence-corrected chi connectivity index (χ2v) is 5.49. The van der Waals surface area contributed by atoms with E-state index in [1.54, 1.807) is 7.11 Å². The molecule has 0 spiro atoms. The predicted octanol–water partition coefficient (Wildman–Crippen LogP) is 1.29. The summed E-state index contributed by atoms with van der Waals surface area (Å²) in [6.07, 6.45) is 1.25. The summed E-state index contributed by atoms with van der Waals surface area (Å²) in [7, 11) is 6.02. The summed E-state index contributed by atoms with van der Waals surface area (Å²) >= 11 is 0. The lowest BCUT2D eigenvalue weighted by atomic mass is 10.1. The normalized spacial score (nSPS) is 20.2. The molecule has 2 rings (SSSR count). The molecule has 1 aliphatic rings. The fraction of sp³-hybridized carbons (Fsp3) is 0.600. The van der Waals surface area contributed by atoms with Gasteiger partial charge in [0.25, 0.3) is 0 Å². The molecule has 1 aliphatic heterocycles. The minimum atomic E-state index is 0.524. The summed E-state index contributed by atoms with van der Waals surface area (Å²) in [5.74, 6) is 0.906. The van der Waals surface area contributed by atoms with Gasteiger partial charge in [-0.05, 0) is 32.1 Å². The van der Waals surface area contributed by atoms with Gasteiger partial charge >= 0.3 is 0 Å². The van der Waals surface area contributed by atoms with Gasteiger partial charge in [0.1, 0.15) is 5.75 Å². The Morgan fingerprint density at radius 3 is 2.79 bits per heavy atom. The summed E-state index contributed by atoms with van der Waals surface area (Å²) in [5.41, 5.74) is 8.06. The van der Waals surface area contributed by atoms with Gasteiger partial charge in [0.2, 0.25) is 0 Å². The van der Waals surface area contributed by atoms with E-state index < -0.39 is 0 Å². The SMILES string of the molecule is COc1cc(CN2CCC(N(C)C)C2)ccc1CN. The van der Waals surface area contributed by atoms with Crippen molar-refractivity contribution in [1.82, 2.24) is 9.80 Å². The Labute approximate surface area is 116 Å². The van der Waals surface area contributed by atoms with Crippen molar-refractivity contribution in [3.05, 3.63) is 29.3 Å². The Hall–Kier alpha value is -1.10. The van der Waals surface area contributed by atoms with Gasteiger partial charge in [0.05, 0.1) is 7.11 Å². The number of nitrogens with zero attached hydrogens (tertiary/aromatic N) is 2. The molecule has 1 saturated heterocycles. The van der Waals surface area contributed by atoms with Crippen LogP contribution < -0.4 is 10.5 Å². The highest BCUT2D eigenvalue weighted by Gasteiger charge is 2.23. The molecule has 2 N–H and O–H groups in total. The van der Waals surface area contributed by atoms with Crippen molar-refractivity contribution in [3.63, 3.8) is 0 Å². The fourth-order valence-electron chi connectivity index (χ4n) is 2.69. The van der Waals surface area contributed by atoms with Crippen LogP contribution in [0.15, 0.2) is 18.2 Å². The standard InChI is InChI=1S/C15H25N3O/c1-17(2)14-6-7-18(11-14)10-12-4-5-13(9-16)15(8-12)19-3/h4-5,8,14H,6-7,9-11,16H2,1-3H3. The molecule has 0 amide bonds. The largest absolute Gasteiger partial charge is 0.496 e. The first-order valence-corrected chi connectivity index (χ1v) is 6.88. The molecule has 0 radical (unpaired) electrons. The van der Waals surface area contributed by atoms with Crippen LogP contribution in [-0.4, -0.2) is 50.1 Å². The highest BCUT2D eigenvalue weighted by molar-refractivity contribution is 5.37. The smallest absolute Gasteiger partial charge is 0.123 e. The van der Waals surface area contributed by atoms with Crippen LogP contribution in [0, 0.1) is 0 Å². The summed E-state index contributed by atoms with van der Waals surface area (Å²) in [6, 6.07) is 7.04. The summed E-state index contributed by atoms with van der Waals surface area (Å²) in [5, 5.41) is 0. The minimum absolute atomic E-state index is 0.524. The van der Waals surface area contributed by atoms with Crippen molar-refractivity contribution in [1.29, 1.82) is 0 Å². The molecule has 1 aromatic carbocycles. The lowest BCUT2D eigenvalue weighted by Gasteiger charge is -2.20. The van der Waals surface area contributed by atoms with Crippen molar-refractivity contribution in [2.75, 3.05) is 34.3 Å². The number of benzene rings is 1. The number of likely N-dealkylation sites (tertiary alicyclic amines) is 1. The van der Waals surface area contributed by atoms with E-state index in [4.69, 9.17) is 10.5 Å². The van der Waals surface area contributed by atoms with Gasteiger partial charge in [-0.25, -0.2) is 0 Å². The highest BCUT2D eigenvalue weighted by Crippen LogP contribution is 2.22. The van der Waals surface area contributed by atoms with Gasteiger partial charge in [0, 0.05) is 37.8 Å². The molecular weight excluding hydrogens is 238 g/mol. The monoisotopic (exact) mass is 263 g/mol. The van der Waals surface area contributed by atoms with Crippen molar-refractivity contribution < 1.29 is 4.74 Å². The van der Waals surface area contributed by atoms with E-state index in [2.05, 4.69) is 42.1 Å². The average Bonchev–Trinajstić information content (AvgIpc) is 2.87. The average molecular weight is 263 g/mol. The molecule has 19 heavy (non-hydrogen) atoms. The fourth-order valence-corrected chi connectivity index (χ4v) is 2.69. The van der Waals surface area contributed by atoms with Crippen LogP contribution in [0.4, 0.5) is 0 Å². The molecule has 1 fully saturated rings. The van der Waals surface area contributed by atoms with Crippen molar-refractivity contribution in [3.8, 4) is 5.75 Å². The van der Waals surface area contributed by atoms with Crippen LogP contribution in [0.25, 0.3) is 0 Å². The summed E-state index contributed by atoms with van der Waals surface area (Å²) < 4.78 is 5.39. The van der Waals surface area contributed by atoms with Crippen LogP contribution in [0.3, 0.4) is 0 Å². The number of hydrogen-bond donors (Lipinski definition) is 1. The quantitative estimate of drug-likeness (QED) is 0.869. The Morgan fingerprint density at radius 1 is 1.42 bits per heavy atom. The van der Waals surface area contributed by atoms with Crippen LogP contribution in [-0.2, 0) is 13.1 Å². The van der Waals surface area contributed by atoms with Crippen molar-refractivity contribution in [2.45, 2.75) is 25.6 Å². The van der Waals surface area contributed by atoms with Crippen LogP contribution >= 0.6 is 0 Å². The first-order valence-electron chi connectivity index (χ1n) is 6.88. The number of ether oxygens (including phenoxy) is 1. The van der Waals surface area contributed by atoms with Gasteiger partial charge in [-0.2, -0.15) is 0 Å². The molecule has 1 atom stereocenters. The minimum Gasteiger partial charge on any atom is -0.496 e. The molecule has 0 bridgehead atoms. The van der Waals surface area contributed by atoms with Crippen molar-refractivity contribution in [2.24, 2.45) is 5.73 Å². The first-order chi connectivity index (χ1) is 9.13. The third-order valence-corrected chi connectivity index (χ3v) is 3.96. The molecule has 106 valence electrons. The Balaban J connectivity index is 2.00. The number of methoxy groups -OCH3 is 1. The zero-order chi connectivity index (χ0) is 13.8. The Morgan fingerprint density at radius 2 is 2.21 bits per heavy atom. The number of likely N-dealkylation sites (N-methyl/N-ethyl adjacent to an activating group) is 1. The summed E-state index contributed by atoms with van der Waals surface area (Å²) in [4.78, 5) is 4.82. The Kier molecular flexibility index (Phi) is 4.80. The molecule has 1 unspecified atom stereocenters. The lowest BCUT2D eigenvalue weighted by molar-refractivity contribution is 0.264. The van der Waals surface area contributed by atoms with E-state index in [9.17, 15) is 0 Å². The molecule has 1 aromatic rings. The third-order valence-electron chi connectivity index (χ3n) is 3.96. The van der Waals surface area contributed by atoms with Gasteiger partial charge in [-0.3, -0.25) is 4.90 Å². The van der Waals surface area contributed by atoms with E-state index in [1.807, 2.05) is 0 Å². The maximum atomic E-state index is 5.70. The van der Waals surface area contributed by atoms with Gasteiger partial charge in [0.15, 0.2) is 0 Å². The van der Waals surface area contributed by atoms with Gasteiger partial charge in [-0.15, -0.1) is 0 Å². The number of rotatable bonds is 5. The van der Waals surface area contributed by atoms with Crippen LogP contribution in [0.5, 0.6) is 5.75 Å². The predicted molar refractivity (Wildman–Crippen MR) is 78.3 cm³/mol. The number of hydrogen-bond acceptors (Lipinski definition) is 4. The second-order valence-electron chi connectivity index (χ2n) is 5.49. The van der Waals surface area contributed by atoms with E-state index in [0.29, 0.717) is 12.6 Å². The first kappa shape index (κ1) is 14.3. The maximum Gasteiger partial charge on any atom is 0.123 e. The topological polar surface area (TPSA) is 41.7 Å². The van der Waals surface area contributed by atoms with E-state index >= 15 is 0 Å². The molecule has 0 aromatic heterocycles. The molecule has 4 nitrogen and oxygen atoms in total. The van der Waals surface area contributed by atoms with Gasteiger partial charge < -0.3 is 15.4 Å². The van der Waals surface area contributed by atoms with Crippen LogP contribution in [0.2, 0.25) is 0 Å². The van der Waals surface area contributed by atoms with Crippen LogP contribution in [0.1, 0.15) is 17.5 Å². The summed E-state index contributed by atoms with van der Waals surface area (Å²) in [6.45, 7) is 3.83. The second kappa shape index (κ2) is 6.37. The lowest BCUT2D eigenvalue weighted by Crippen LogP contribution is -2.31. The molecule has 4 heteroatoms. The highest BCUT2D eigenvalue weighted by atomic mass is 16.5. The van der Waals surface area contributed by atoms with E-state index in [1.165, 1.54) is 18.5 Å². The van der Waals surface area contributed by atoms with E-state index in [0.717, 1.165) is 24.4 Å².